The van der Waals surface area contributed by atoms with Gasteiger partial charge in [0.15, 0.2) is 0 Å². The molecule has 1 aromatic carbocycles. The number of carbonyl (C=O) groups is 2. The fraction of sp³-hybridized carbons (Fsp3) is 0.529. The molecule has 0 radical (unpaired) electrons. The van der Waals surface area contributed by atoms with Gasteiger partial charge in [0.2, 0.25) is 5.91 Å². The van der Waals surface area contributed by atoms with E-state index in [1.165, 1.54) is 0 Å². The van der Waals surface area contributed by atoms with Crippen LogP contribution in [-0.2, 0) is 9.59 Å². The van der Waals surface area contributed by atoms with E-state index in [9.17, 15) is 9.59 Å². The Hall–Kier alpha value is -2.04. The van der Waals surface area contributed by atoms with Crippen molar-refractivity contribution in [3.63, 3.8) is 0 Å². The van der Waals surface area contributed by atoms with Crippen LogP contribution in [0, 0.1) is 12.8 Å². The molecule has 0 aliphatic rings. The molecule has 0 unspecified atom stereocenters. The van der Waals surface area contributed by atoms with Gasteiger partial charge in [0, 0.05) is 6.42 Å². The lowest BCUT2D eigenvalue weighted by molar-refractivity contribution is -0.143. The average molecular weight is 307 g/mol. The number of benzene rings is 1. The van der Waals surface area contributed by atoms with Crippen LogP contribution in [0.5, 0.6) is 5.75 Å². The van der Waals surface area contributed by atoms with Crippen LogP contribution in [0.1, 0.15) is 38.7 Å². The van der Waals surface area contributed by atoms with Crippen molar-refractivity contribution in [2.75, 3.05) is 6.61 Å². The number of aliphatic carboxylic acids is 1. The van der Waals surface area contributed by atoms with Gasteiger partial charge in [0.25, 0.3) is 0 Å². The standard InChI is InChI=1S/C17H25NO4/c1-4-13(3)16(17(20)21)18-15(19)9-6-10-22-14-8-5-7-12(2)11-14/h5,7-8,11,13,16H,4,6,9-10H2,1-3H3,(H,18,19)(H,20,21)/t13-,16-/m0/s1. The van der Waals surface area contributed by atoms with Gasteiger partial charge in [-0.2, -0.15) is 0 Å². The highest BCUT2D eigenvalue weighted by Crippen LogP contribution is 2.13. The monoisotopic (exact) mass is 307 g/mol. The third-order valence-electron chi connectivity index (χ3n) is 3.60. The van der Waals surface area contributed by atoms with Crippen LogP contribution >= 0.6 is 0 Å². The molecule has 0 saturated heterocycles. The van der Waals surface area contributed by atoms with Crippen molar-refractivity contribution in [2.45, 2.75) is 46.1 Å². The molecule has 0 heterocycles. The number of aryl methyl sites for hydroxylation is 1. The van der Waals surface area contributed by atoms with E-state index in [-0.39, 0.29) is 18.2 Å². The average Bonchev–Trinajstić information content (AvgIpc) is 2.48. The Balaban J connectivity index is 2.32. The molecule has 0 bridgehead atoms. The first-order valence-electron chi connectivity index (χ1n) is 7.65. The fourth-order valence-electron chi connectivity index (χ4n) is 2.06. The molecule has 0 fully saturated rings. The first-order valence-corrected chi connectivity index (χ1v) is 7.65. The third kappa shape index (κ3) is 6.16. The van der Waals surface area contributed by atoms with E-state index in [0.29, 0.717) is 19.4 Å². The van der Waals surface area contributed by atoms with Crippen LogP contribution in [0.15, 0.2) is 24.3 Å². The molecule has 1 aromatic rings. The Morgan fingerprint density at radius 1 is 1.36 bits per heavy atom. The Morgan fingerprint density at radius 2 is 2.09 bits per heavy atom. The highest BCUT2D eigenvalue weighted by molar-refractivity contribution is 5.83. The summed E-state index contributed by atoms with van der Waals surface area (Å²) in [6, 6.07) is 6.89. The number of amides is 1. The summed E-state index contributed by atoms with van der Waals surface area (Å²) in [6.07, 6.45) is 1.51. The first-order chi connectivity index (χ1) is 10.4. The largest absolute Gasteiger partial charge is 0.494 e. The number of carboxylic acid groups (broad SMARTS) is 1. The first kappa shape index (κ1) is 18.0. The predicted octanol–water partition coefficient (Wildman–Crippen LogP) is 2.77. The maximum atomic E-state index is 11.8. The minimum absolute atomic E-state index is 0.0926. The Bertz CT molecular complexity index is 501. The highest BCUT2D eigenvalue weighted by Gasteiger charge is 2.24. The summed E-state index contributed by atoms with van der Waals surface area (Å²) in [6.45, 7) is 6.14. The van der Waals surface area contributed by atoms with Crippen LogP contribution in [0.2, 0.25) is 0 Å². The molecule has 5 nitrogen and oxygen atoms in total. The van der Waals surface area contributed by atoms with E-state index in [0.717, 1.165) is 11.3 Å². The highest BCUT2D eigenvalue weighted by atomic mass is 16.5. The number of rotatable bonds is 9. The zero-order valence-corrected chi connectivity index (χ0v) is 13.5. The van der Waals surface area contributed by atoms with Gasteiger partial charge in [-0.15, -0.1) is 0 Å². The van der Waals surface area contributed by atoms with Gasteiger partial charge in [-0.05, 0) is 37.0 Å². The lowest BCUT2D eigenvalue weighted by Crippen LogP contribution is -2.45. The van der Waals surface area contributed by atoms with E-state index in [4.69, 9.17) is 9.84 Å². The Morgan fingerprint density at radius 3 is 2.68 bits per heavy atom. The summed E-state index contributed by atoms with van der Waals surface area (Å²) >= 11 is 0. The molecular weight excluding hydrogens is 282 g/mol. The smallest absolute Gasteiger partial charge is 0.326 e. The van der Waals surface area contributed by atoms with Crippen LogP contribution in [0.4, 0.5) is 0 Å². The number of carbonyl (C=O) groups excluding carboxylic acids is 1. The van der Waals surface area contributed by atoms with Crippen molar-refractivity contribution in [1.82, 2.24) is 5.32 Å². The number of hydrogen-bond donors (Lipinski definition) is 2. The molecule has 0 aromatic heterocycles. The molecule has 2 N–H and O–H groups in total. The van der Waals surface area contributed by atoms with Crippen molar-refractivity contribution in [3.8, 4) is 5.75 Å². The molecule has 122 valence electrons. The number of ether oxygens (including phenoxy) is 1. The fourth-order valence-corrected chi connectivity index (χ4v) is 2.06. The topological polar surface area (TPSA) is 75.6 Å². The molecule has 1 amide bonds. The Kier molecular flexibility index (Phi) is 7.43. The van der Waals surface area contributed by atoms with Crippen LogP contribution < -0.4 is 10.1 Å². The molecule has 1 rings (SSSR count). The summed E-state index contributed by atoms with van der Waals surface area (Å²) in [5.74, 6) is -0.548. The quantitative estimate of drug-likeness (QED) is 0.688. The van der Waals surface area contributed by atoms with E-state index < -0.39 is 12.0 Å². The summed E-state index contributed by atoms with van der Waals surface area (Å²) in [4.78, 5) is 23.0. The molecule has 5 heteroatoms. The minimum Gasteiger partial charge on any atom is -0.494 e. The second kappa shape index (κ2) is 9.07. The maximum absolute atomic E-state index is 11.8. The summed E-state index contributed by atoms with van der Waals surface area (Å²) in [5.41, 5.74) is 1.12. The molecule has 22 heavy (non-hydrogen) atoms. The lowest BCUT2D eigenvalue weighted by atomic mass is 9.99. The maximum Gasteiger partial charge on any atom is 0.326 e. The number of carboxylic acids is 1. The zero-order valence-electron chi connectivity index (χ0n) is 13.5. The van der Waals surface area contributed by atoms with Gasteiger partial charge in [-0.1, -0.05) is 32.4 Å². The predicted molar refractivity (Wildman–Crippen MR) is 84.9 cm³/mol. The SMILES string of the molecule is CC[C@H](C)[C@H](NC(=O)CCCOc1cccc(C)c1)C(=O)O. The van der Waals surface area contributed by atoms with E-state index in [1.807, 2.05) is 45.0 Å². The molecule has 0 aliphatic heterocycles. The molecule has 2 atom stereocenters. The van der Waals surface area contributed by atoms with Crippen LogP contribution in [-0.4, -0.2) is 29.6 Å². The van der Waals surface area contributed by atoms with E-state index in [2.05, 4.69) is 5.32 Å². The van der Waals surface area contributed by atoms with Crippen molar-refractivity contribution in [3.05, 3.63) is 29.8 Å². The van der Waals surface area contributed by atoms with Crippen molar-refractivity contribution >= 4 is 11.9 Å². The van der Waals surface area contributed by atoms with Gasteiger partial charge < -0.3 is 15.2 Å². The van der Waals surface area contributed by atoms with Gasteiger partial charge >= 0.3 is 5.97 Å². The van der Waals surface area contributed by atoms with Gasteiger partial charge in [0.05, 0.1) is 6.61 Å². The second-order valence-electron chi connectivity index (χ2n) is 5.54. The van der Waals surface area contributed by atoms with Crippen LogP contribution in [0.3, 0.4) is 0 Å². The van der Waals surface area contributed by atoms with E-state index >= 15 is 0 Å². The third-order valence-corrected chi connectivity index (χ3v) is 3.60. The molecule has 0 saturated carbocycles. The van der Waals surface area contributed by atoms with Gasteiger partial charge in [-0.25, -0.2) is 4.79 Å². The summed E-state index contributed by atoms with van der Waals surface area (Å²) in [5, 5.41) is 11.7. The molecule has 0 aliphatic carbocycles. The number of hydrogen-bond acceptors (Lipinski definition) is 3. The summed E-state index contributed by atoms with van der Waals surface area (Å²) < 4.78 is 5.56. The second-order valence-corrected chi connectivity index (χ2v) is 5.54. The van der Waals surface area contributed by atoms with Crippen molar-refractivity contribution in [1.29, 1.82) is 0 Å². The Labute approximate surface area is 131 Å². The van der Waals surface area contributed by atoms with E-state index in [1.54, 1.807) is 0 Å². The molecular formula is C17H25NO4. The number of nitrogens with one attached hydrogen (secondary N) is 1. The van der Waals surface area contributed by atoms with Gasteiger partial charge in [-0.3, -0.25) is 4.79 Å². The normalized spacial score (nSPS) is 13.2. The summed E-state index contributed by atoms with van der Waals surface area (Å²) in [7, 11) is 0. The molecule has 0 spiro atoms. The van der Waals surface area contributed by atoms with Gasteiger partial charge in [0.1, 0.15) is 11.8 Å². The lowest BCUT2D eigenvalue weighted by Gasteiger charge is -2.20. The minimum atomic E-state index is -0.987. The zero-order chi connectivity index (χ0) is 16.5. The van der Waals surface area contributed by atoms with Crippen LogP contribution in [0.25, 0.3) is 0 Å². The van der Waals surface area contributed by atoms with Crippen molar-refractivity contribution in [2.24, 2.45) is 5.92 Å². The van der Waals surface area contributed by atoms with Crippen molar-refractivity contribution < 1.29 is 19.4 Å².